The lowest BCUT2D eigenvalue weighted by Gasteiger charge is -2.20. The van der Waals surface area contributed by atoms with Crippen molar-refractivity contribution in [3.8, 4) is 0 Å². The molecule has 114 valence electrons. The number of hydrogen-bond donors (Lipinski definition) is 1. The molecule has 1 rings (SSSR count). The van der Waals surface area contributed by atoms with Gasteiger partial charge in [-0.05, 0) is 17.7 Å². The van der Waals surface area contributed by atoms with Crippen LogP contribution in [0, 0.1) is 0 Å². The van der Waals surface area contributed by atoms with Gasteiger partial charge < -0.3 is 5.32 Å². The minimum atomic E-state index is -3.52. The number of nitrogens with one attached hydrogen (secondary N) is 1. The predicted octanol–water partition coefficient (Wildman–Crippen LogP) is 2.87. The van der Waals surface area contributed by atoms with Crippen LogP contribution in [0.5, 0.6) is 0 Å². The second kappa shape index (κ2) is 7.41. The highest BCUT2D eigenvalue weighted by Gasteiger charge is 2.24. The van der Waals surface area contributed by atoms with Crippen LogP contribution in [-0.4, -0.2) is 31.9 Å². The Bertz CT molecular complexity index is 540. The van der Waals surface area contributed by atoms with Crippen molar-refractivity contribution in [3.63, 3.8) is 0 Å². The summed E-state index contributed by atoms with van der Waals surface area (Å²) in [5.41, 5.74) is 0.911. The van der Waals surface area contributed by atoms with Crippen LogP contribution in [0.2, 0.25) is 5.02 Å². The molecule has 0 bridgehead atoms. The van der Waals surface area contributed by atoms with Gasteiger partial charge in [-0.3, -0.25) is 0 Å². The fraction of sp³-hybridized carbons (Fsp3) is 0.571. The van der Waals surface area contributed by atoms with Crippen LogP contribution in [0.4, 0.5) is 0 Å². The molecule has 1 aromatic carbocycles. The van der Waals surface area contributed by atoms with Crippen molar-refractivity contribution in [2.45, 2.75) is 45.2 Å². The summed E-state index contributed by atoms with van der Waals surface area (Å²) in [5, 5.41) is 3.53. The maximum absolute atomic E-state index is 12.5. The standard InChI is InChI=1S/C14H23ClN2O2S/c1-5-17(6-2)20(18,19)14-9-12(7-8-13(14)15)10-16-11(3)4/h7-9,11,16H,5-6,10H2,1-4H3. The van der Waals surface area contributed by atoms with Gasteiger partial charge in [0, 0.05) is 25.7 Å². The van der Waals surface area contributed by atoms with E-state index in [1.54, 1.807) is 12.1 Å². The van der Waals surface area contributed by atoms with Gasteiger partial charge in [0.2, 0.25) is 10.0 Å². The molecule has 1 N–H and O–H groups in total. The molecule has 6 heteroatoms. The molecule has 0 radical (unpaired) electrons. The molecular weight excluding hydrogens is 296 g/mol. The molecule has 1 aromatic rings. The van der Waals surface area contributed by atoms with E-state index in [4.69, 9.17) is 11.6 Å². The quantitative estimate of drug-likeness (QED) is 0.841. The summed E-state index contributed by atoms with van der Waals surface area (Å²) < 4.78 is 26.5. The van der Waals surface area contributed by atoms with Crippen LogP contribution in [0.25, 0.3) is 0 Å². The van der Waals surface area contributed by atoms with Crippen molar-refractivity contribution >= 4 is 21.6 Å². The number of nitrogens with zero attached hydrogens (tertiary/aromatic N) is 1. The Balaban J connectivity index is 3.14. The van der Waals surface area contributed by atoms with E-state index in [0.717, 1.165) is 5.56 Å². The van der Waals surface area contributed by atoms with Gasteiger partial charge in [-0.25, -0.2) is 8.42 Å². The van der Waals surface area contributed by atoms with Crippen molar-refractivity contribution in [1.82, 2.24) is 9.62 Å². The van der Waals surface area contributed by atoms with Gasteiger partial charge in [0.05, 0.1) is 5.02 Å². The molecule has 0 amide bonds. The average Bonchev–Trinajstić information content (AvgIpc) is 2.38. The lowest BCUT2D eigenvalue weighted by molar-refractivity contribution is 0.445. The molecule has 0 unspecified atom stereocenters. The van der Waals surface area contributed by atoms with Gasteiger partial charge in [-0.1, -0.05) is 45.4 Å². The third-order valence-corrected chi connectivity index (χ3v) is 5.56. The average molecular weight is 319 g/mol. The van der Waals surface area contributed by atoms with Crippen LogP contribution in [0.15, 0.2) is 23.1 Å². The Morgan fingerprint density at radius 3 is 2.35 bits per heavy atom. The summed E-state index contributed by atoms with van der Waals surface area (Å²) in [6.45, 7) is 9.22. The first-order valence-electron chi connectivity index (χ1n) is 6.84. The van der Waals surface area contributed by atoms with Crippen molar-refractivity contribution < 1.29 is 8.42 Å². The lowest BCUT2D eigenvalue weighted by Crippen LogP contribution is -2.31. The van der Waals surface area contributed by atoms with E-state index in [0.29, 0.717) is 25.7 Å². The smallest absolute Gasteiger partial charge is 0.244 e. The third kappa shape index (κ3) is 4.19. The molecule has 20 heavy (non-hydrogen) atoms. The second-order valence-electron chi connectivity index (χ2n) is 4.89. The molecule has 0 fully saturated rings. The first-order valence-corrected chi connectivity index (χ1v) is 8.66. The van der Waals surface area contributed by atoms with Crippen LogP contribution >= 0.6 is 11.6 Å². The van der Waals surface area contributed by atoms with Crippen LogP contribution < -0.4 is 5.32 Å². The molecule has 0 saturated heterocycles. The van der Waals surface area contributed by atoms with E-state index >= 15 is 0 Å². The van der Waals surface area contributed by atoms with E-state index in [9.17, 15) is 8.42 Å². The molecule has 4 nitrogen and oxygen atoms in total. The number of benzene rings is 1. The fourth-order valence-electron chi connectivity index (χ4n) is 1.88. The minimum Gasteiger partial charge on any atom is -0.310 e. The van der Waals surface area contributed by atoms with Crippen molar-refractivity contribution in [2.75, 3.05) is 13.1 Å². The monoisotopic (exact) mass is 318 g/mol. The molecule has 0 heterocycles. The van der Waals surface area contributed by atoms with Gasteiger partial charge in [-0.15, -0.1) is 0 Å². The zero-order valence-electron chi connectivity index (χ0n) is 12.5. The van der Waals surface area contributed by atoms with Crippen molar-refractivity contribution in [2.24, 2.45) is 0 Å². The highest BCUT2D eigenvalue weighted by Crippen LogP contribution is 2.25. The van der Waals surface area contributed by atoms with Gasteiger partial charge >= 0.3 is 0 Å². The molecule has 0 aliphatic rings. The lowest BCUT2D eigenvalue weighted by atomic mass is 10.2. The van der Waals surface area contributed by atoms with Crippen LogP contribution in [0.1, 0.15) is 33.3 Å². The van der Waals surface area contributed by atoms with E-state index < -0.39 is 10.0 Å². The maximum atomic E-state index is 12.5. The summed E-state index contributed by atoms with van der Waals surface area (Å²) in [6, 6.07) is 5.49. The number of sulfonamides is 1. The van der Waals surface area contributed by atoms with Gasteiger partial charge in [0.25, 0.3) is 0 Å². The summed E-state index contributed by atoms with van der Waals surface area (Å²) in [7, 11) is -3.52. The molecule has 0 aliphatic carbocycles. The molecule has 0 aliphatic heterocycles. The summed E-state index contributed by atoms with van der Waals surface area (Å²) in [6.07, 6.45) is 0. The Morgan fingerprint density at radius 1 is 1.25 bits per heavy atom. The largest absolute Gasteiger partial charge is 0.310 e. The first-order chi connectivity index (χ1) is 9.32. The van der Waals surface area contributed by atoms with Gasteiger partial charge in [-0.2, -0.15) is 4.31 Å². The highest BCUT2D eigenvalue weighted by atomic mass is 35.5. The zero-order valence-corrected chi connectivity index (χ0v) is 14.1. The van der Waals surface area contributed by atoms with Crippen molar-refractivity contribution in [3.05, 3.63) is 28.8 Å². The Morgan fingerprint density at radius 2 is 1.85 bits per heavy atom. The number of rotatable bonds is 7. The Kier molecular flexibility index (Phi) is 6.45. The van der Waals surface area contributed by atoms with Crippen LogP contribution in [0.3, 0.4) is 0 Å². The van der Waals surface area contributed by atoms with E-state index in [1.165, 1.54) is 4.31 Å². The fourth-order valence-corrected chi connectivity index (χ4v) is 3.86. The van der Waals surface area contributed by atoms with Crippen LogP contribution in [-0.2, 0) is 16.6 Å². The molecule has 0 aromatic heterocycles. The highest BCUT2D eigenvalue weighted by molar-refractivity contribution is 7.89. The van der Waals surface area contributed by atoms with E-state index in [2.05, 4.69) is 5.32 Å². The Labute approximate surface area is 127 Å². The summed E-state index contributed by atoms with van der Waals surface area (Å²) in [5.74, 6) is 0. The predicted molar refractivity (Wildman–Crippen MR) is 83.5 cm³/mol. The second-order valence-corrected chi connectivity index (χ2v) is 7.20. The summed E-state index contributed by atoms with van der Waals surface area (Å²) in [4.78, 5) is 0.186. The first kappa shape index (κ1) is 17.4. The SMILES string of the molecule is CCN(CC)S(=O)(=O)c1cc(CNC(C)C)ccc1Cl. The molecule has 0 atom stereocenters. The molecule has 0 saturated carbocycles. The topological polar surface area (TPSA) is 49.4 Å². The van der Waals surface area contributed by atoms with Gasteiger partial charge in [0.1, 0.15) is 4.90 Å². The number of halogens is 1. The minimum absolute atomic E-state index is 0.186. The summed E-state index contributed by atoms with van der Waals surface area (Å²) >= 11 is 6.08. The molecule has 0 spiro atoms. The Hall–Kier alpha value is -0.620. The maximum Gasteiger partial charge on any atom is 0.244 e. The third-order valence-electron chi connectivity index (χ3n) is 3.03. The van der Waals surface area contributed by atoms with E-state index in [1.807, 2.05) is 33.8 Å². The molecular formula is C14H23ClN2O2S. The van der Waals surface area contributed by atoms with E-state index in [-0.39, 0.29) is 9.92 Å². The normalized spacial score (nSPS) is 12.3. The van der Waals surface area contributed by atoms with Crippen molar-refractivity contribution in [1.29, 1.82) is 0 Å². The number of hydrogen-bond acceptors (Lipinski definition) is 3. The zero-order chi connectivity index (χ0) is 15.3. The van der Waals surface area contributed by atoms with Gasteiger partial charge in [0.15, 0.2) is 0 Å².